The molecule has 1 amide bonds. The van der Waals surface area contributed by atoms with Gasteiger partial charge in [-0.05, 0) is 19.1 Å². The quantitative estimate of drug-likeness (QED) is 0.426. The van der Waals surface area contributed by atoms with Crippen molar-refractivity contribution >= 4 is 17.8 Å². The van der Waals surface area contributed by atoms with Crippen LogP contribution in [0.3, 0.4) is 0 Å². The Hall–Kier alpha value is -1.75. The summed E-state index contributed by atoms with van der Waals surface area (Å²) in [4.78, 5) is 15.6. The van der Waals surface area contributed by atoms with Gasteiger partial charge in [0.15, 0.2) is 0 Å². The Labute approximate surface area is 81.6 Å². The fourth-order valence-corrected chi connectivity index (χ4v) is 1.02. The number of aromatic hydroxyl groups is 1. The van der Waals surface area contributed by atoms with Gasteiger partial charge in [-0.25, -0.2) is 0 Å². The largest absolute Gasteiger partial charge is 0.506 e. The van der Waals surface area contributed by atoms with E-state index >= 15 is 0 Å². The van der Waals surface area contributed by atoms with Crippen molar-refractivity contribution in [3.63, 3.8) is 0 Å². The van der Waals surface area contributed by atoms with Crippen molar-refractivity contribution in [2.45, 2.75) is 6.92 Å². The molecule has 5 heteroatoms. The second-order valence-electron chi connectivity index (χ2n) is 2.60. The van der Waals surface area contributed by atoms with Gasteiger partial charge in [-0.1, -0.05) is 0 Å². The number of hydrogen-bond donors (Lipinski definition) is 2. The van der Waals surface area contributed by atoms with E-state index in [0.29, 0.717) is 18.7 Å². The van der Waals surface area contributed by atoms with Gasteiger partial charge in [0.05, 0.1) is 6.61 Å². The van der Waals surface area contributed by atoms with Gasteiger partial charge >= 0.3 is 0 Å². The minimum absolute atomic E-state index is 0.0921. The number of carbonyl (C=O) groups excluding carboxylic acids is 1. The molecule has 0 aliphatic heterocycles. The van der Waals surface area contributed by atoms with E-state index in [0.717, 1.165) is 5.06 Å². The van der Waals surface area contributed by atoms with Gasteiger partial charge in [-0.3, -0.25) is 9.63 Å². The minimum atomic E-state index is -0.0921. The van der Waals surface area contributed by atoms with Crippen molar-refractivity contribution in [1.29, 1.82) is 0 Å². The molecule has 0 atom stereocenters. The number of phenols is 1. The molecule has 0 aliphatic carbocycles. The Kier molecular flexibility index (Phi) is 3.30. The lowest BCUT2D eigenvalue weighted by Gasteiger charge is -2.16. The number of nitrogens with two attached hydrogens (primary N) is 1. The maximum Gasteiger partial charge on any atom is 0.238 e. The first-order valence-corrected chi connectivity index (χ1v) is 4.15. The summed E-state index contributed by atoms with van der Waals surface area (Å²) in [6.07, 6.45) is 0.481. The lowest BCUT2D eigenvalue weighted by Crippen LogP contribution is -2.21. The summed E-state index contributed by atoms with van der Waals surface area (Å²) in [6, 6.07) is 4.43. The molecule has 1 rings (SSSR count). The van der Waals surface area contributed by atoms with Gasteiger partial charge in [-0.15, -0.1) is 0 Å². The Morgan fingerprint density at radius 2 is 2.36 bits per heavy atom. The Balaban J connectivity index is 2.98. The maximum atomic E-state index is 10.6. The fraction of sp³-hybridized carbons (Fsp3) is 0.222. The van der Waals surface area contributed by atoms with Crippen LogP contribution >= 0.6 is 0 Å². The predicted octanol–water partition coefficient (Wildman–Crippen LogP) is 0.889. The van der Waals surface area contributed by atoms with Crippen LogP contribution in [0.4, 0.5) is 11.4 Å². The number of hydroxylamine groups is 1. The number of hydrogen-bond acceptors (Lipinski definition) is 4. The first-order chi connectivity index (χ1) is 6.69. The predicted molar refractivity (Wildman–Crippen MR) is 52.7 cm³/mol. The van der Waals surface area contributed by atoms with E-state index < -0.39 is 0 Å². The van der Waals surface area contributed by atoms with Gasteiger partial charge in [-0.2, -0.15) is 5.06 Å². The highest BCUT2D eigenvalue weighted by molar-refractivity contribution is 5.77. The van der Waals surface area contributed by atoms with Crippen LogP contribution in [-0.2, 0) is 9.63 Å². The lowest BCUT2D eigenvalue weighted by atomic mass is 10.2. The van der Waals surface area contributed by atoms with E-state index in [1.165, 1.54) is 12.1 Å². The summed E-state index contributed by atoms with van der Waals surface area (Å²) < 4.78 is 0. The van der Waals surface area contributed by atoms with E-state index in [2.05, 4.69) is 0 Å². The Bertz CT molecular complexity index is 328. The Morgan fingerprint density at radius 3 is 2.86 bits per heavy atom. The van der Waals surface area contributed by atoms with Gasteiger partial charge in [0.25, 0.3) is 0 Å². The average Bonchev–Trinajstić information content (AvgIpc) is 2.15. The summed E-state index contributed by atoms with van der Waals surface area (Å²) in [6.45, 7) is 2.08. The number of nitrogens with zero attached hydrogens (tertiary/aromatic N) is 1. The first-order valence-electron chi connectivity index (χ1n) is 4.15. The van der Waals surface area contributed by atoms with E-state index in [-0.39, 0.29) is 11.4 Å². The van der Waals surface area contributed by atoms with Gasteiger partial charge in [0.2, 0.25) is 6.41 Å². The highest BCUT2D eigenvalue weighted by Gasteiger charge is 2.10. The summed E-state index contributed by atoms with van der Waals surface area (Å²) in [7, 11) is 0. The number of benzene rings is 1. The van der Waals surface area contributed by atoms with Crippen LogP contribution in [0.25, 0.3) is 0 Å². The van der Waals surface area contributed by atoms with Crippen molar-refractivity contribution in [2.75, 3.05) is 17.4 Å². The zero-order valence-electron chi connectivity index (χ0n) is 7.80. The molecule has 0 spiro atoms. The molecule has 1 aromatic carbocycles. The number of carbonyl (C=O) groups is 1. The topological polar surface area (TPSA) is 75.8 Å². The van der Waals surface area contributed by atoms with E-state index in [9.17, 15) is 9.90 Å². The standard InChI is InChI=1S/C9H12N2O3/c1-2-14-11(6-12)8-4-3-7(10)5-9(8)13/h3-6,13H,2,10H2,1H3. The smallest absolute Gasteiger partial charge is 0.238 e. The molecule has 0 saturated heterocycles. The third kappa shape index (κ3) is 2.14. The zero-order valence-corrected chi connectivity index (χ0v) is 7.80. The highest BCUT2D eigenvalue weighted by Crippen LogP contribution is 2.28. The molecule has 0 radical (unpaired) electrons. The number of rotatable bonds is 4. The molecule has 1 aromatic rings. The maximum absolute atomic E-state index is 10.6. The number of amides is 1. The van der Waals surface area contributed by atoms with Crippen LogP contribution in [0.2, 0.25) is 0 Å². The third-order valence-electron chi connectivity index (χ3n) is 1.60. The average molecular weight is 196 g/mol. The monoisotopic (exact) mass is 196 g/mol. The van der Waals surface area contributed by atoms with Crippen molar-refractivity contribution < 1.29 is 14.7 Å². The number of anilines is 2. The van der Waals surface area contributed by atoms with Gasteiger partial charge in [0.1, 0.15) is 11.4 Å². The SMILES string of the molecule is CCON(C=O)c1ccc(N)cc1O. The van der Waals surface area contributed by atoms with Gasteiger partial charge in [0, 0.05) is 11.8 Å². The number of nitrogen functional groups attached to an aromatic ring is 1. The second-order valence-corrected chi connectivity index (χ2v) is 2.60. The molecule has 0 bridgehead atoms. The van der Waals surface area contributed by atoms with Gasteiger partial charge < -0.3 is 10.8 Å². The van der Waals surface area contributed by atoms with Crippen LogP contribution in [0.1, 0.15) is 6.92 Å². The van der Waals surface area contributed by atoms with Crippen LogP contribution in [-0.4, -0.2) is 18.1 Å². The first kappa shape index (κ1) is 10.3. The summed E-state index contributed by atoms with van der Waals surface area (Å²) in [5.74, 6) is -0.0921. The minimum Gasteiger partial charge on any atom is -0.506 e. The summed E-state index contributed by atoms with van der Waals surface area (Å²) in [5.41, 5.74) is 6.13. The number of phenolic OH excluding ortho intramolecular Hbond substituents is 1. The summed E-state index contributed by atoms with van der Waals surface area (Å²) in [5, 5.41) is 10.4. The van der Waals surface area contributed by atoms with Crippen LogP contribution in [0.5, 0.6) is 5.75 Å². The fourth-order valence-electron chi connectivity index (χ4n) is 1.02. The van der Waals surface area contributed by atoms with Crippen molar-refractivity contribution in [3.05, 3.63) is 18.2 Å². The molecule has 0 fully saturated rings. The van der Waals surface area contributed by atoms with Crippen LogP contribution in [0.15, 0.2) is 18.2 Å². The van der Waals surface area contributed by atoms with Crippen LogP contribution in [0, 0.1) is 0 Å². The highest BCUT2D eigenvalue weighted by atomic mass is 16.7. The zero-order chi connectivity index (χ0) is 10.6. The molecule has 0 saturated carbocycles. The van der Waals surface area contributed by atoms with Crippen molar-refractivity contribution in [2.24, 2.45) is 0 Å². The normalized spacial score (nSPS) is 9.79. The Morgan fingerprint density at radius 1 is 1.64 bits per heavy atom. The van der Waals surface area contributed by atoms with Crippen molar-refractivity contribution in [1.82, 2.24) is 0 Å². The summed E-state index contributed by atoms with van der Waals surface area (Å²) >= 11 is 0. The molecule has 0 unspecified atom stereocenters. The van der Waals surface area contributed by atoms with E-state index in [1.54, 1.807) is 13.0 Å². The molecule has 0 aromatic heterocycles. The second kappa shape index (κ2) is 4.48. The van der Waals surface area contributed by atoms with E-state index in [4.69, 9.17) is 10.6 Å². The van der Waals surface area contributed by atoms with E-state index in [1.807, 2.05) is 0 Å². The molecule has 3 N–H and O–H groups in total. The molecule has 5 nitrogen and oxygen atoms in total. The molecule has 0 heterocycles. The molecule has 0 aliphatic rings. The lowest BCUT2D eigenvalue weighted by molar-refractivity contribution is -0.113. The third-order valence-corrected chi connectivity index (χ3v) is 1.60. The molecular formula is C9H12N2O3. The molecule has 14 heavy (non-hydrogen) atoms. The van der Waals surface area contributed by atoms with Crippen LogP contribution < -0.4 is 10.8 Å². The molecule has 76 valence electrons. The van der Waals surface area contributed by atoms with Crippen molar-refractivity contribution in [3.8, 4) is 5.75 Å². The molecular weight excluding hydrogens is 184 g/mol.